The summed E-state index contributed by atoms with van der Waals surface area (Å²) < 4.78 is 5.50. The molecule has 0 spiro atoms. The molecule has 0 saturated carbocycles. The molecule has 1 aromatic heterocycles. The predicted molar refractivity (Wildman–Crippen MR) is 74.9 cm³/mol. The molecule has 98 valence electrons. The number of nitrogens with zero attached hydrogens (tertiary/aromatic N) is 3. The van der Waals surface area contributed by atoms with Crippen molar-refractivity contribution in [2.75, 3.05) is 24.7 Å². The van der Waals surface area contributed by atoms with Gasteiger partial charge in [0, 0.05) is 12.2 Å². The maximum absolute atomic E-state index is 5.65. The molecule has 0 amide bonds. The summed E-state index contributed by atoms with van der Waals surface area (Å²) in [5, 5.41) is 0. The highest BCUT2D eigenvalue weighted by Gasteiger charge is 2.32. The molecule has 1 aliphatic heterocycles. The largest absolute Gasteiger partial charge is 0.388 e. The van der Waals surface area contributed by atoms with Crippen molar-refractivity contribution in [2.45, 2.75) is 26.3 Å². The average Bonchev–Trinajstić information content (AvgIpc) is 2.27. The second-order valence-corrected chi connectivity index (χ2v) is 5.52. The zero-order valence-electron chi connectivity index (χ0n) is 10.9. The average molecular weight is 266 g/mol. The van der Waals surface area contributed by atoms with Gasteiger partial charge in [-0.1, -0.05) is 12.2 Å². The molecule has 2 rings (SSSR count). The lowest BCUT2D eigenvalue weighted by molar-refractivity contribution is 0.0633. The smallest absolute Gasteiger partial charge is 0.226 e. The summed E-state index contributed by atoms with van der Waals surface area (Å²) in [6.07, 6.45) is 0. The van der Waals surface area contributed by atoms with Gasteiger partial charge in [-0.15, -0.1) is 0 Å². The van der Waals surface area contributed by atoms with E-state index in [1.165, 1.54) is 0 Å². The second-order valence-electron chi connectivity index (χ2n) is 5.08. The first-order chi connectivity index (χ1) is 8.40. The van der Waals surface area contributed by atoms with Gasteiger partial charge in [0.25, 0.3) is 0 Å². The highest BCUT2D eigenvalue weighted by molar-refractivity contribution is 7.80. The third-order valence-corrected chi connectivity index (χ3v) is 3.19. The molecule has 1 aliphatic rings. The van der Waals surface area contributed by atoms with Crippen molar-refractivity contribution in [3.05, 3.63) is 17.5 Å². The van der Waals surface area contributed by atoms with Crippen molar-refractivity contribution in [2.24, 2.45) is 5.73 Å². The minimum Gasteiger partial charge on any atom is -0.388 e. The SMILES string of the molecule is Cc1cc(C(N)=S)nc(N2CCOCC2(C)C)n1. The van der Waals surface area contributed by atoms with Gasteiger partial charge in [0.15, 0.2) is 0 Å². The van der Waals surface area contributed by atoms with Crippen LogP contribution in [0.2, 0.25) is 0 Å². The predicted octanol–water partition coefficient (Wildman–Crippen LogP) is 1.03. The first kappa shape index (κ1) is 13.2. The van der Waals surface area contributed by atoms with Gasteiger partial charge in [0.2, 0.25) is 5.95 Å². The van der Waals surface area contributed by atoms with Crippen LogP contribution < -0.4 is 10.6 Å². The Hall–Kier alpha value is -1.27. The molecule has 1 saturated heterocycles. The molecular formula is C12H18N4OS. The summed E-state index contributed by atoms with van der Waals surface area (Å²) in [6.45, 7) is 8.25. The Labute approximate surface area is 112 Å². The summed E-state index contributed by atoms with van der Waals surface area (Å²) in [5.74, 6) is 0.672. The molecule has 5 nitrogen and oxygen atoms in total. The van der Waals surface area contributed by atoms with Gasteiger partial charge in [-0.25, -0.2) is 9.97 Å². The fourth-order valence-electron chi connectivity index (χ4n) is 2.03. The number of aryl methyl sites for hydroxylation is 1. The van der Waals surface area contributed by atoms with Crippen LogP contribution in [-0.4, -0.2) is 40.3 Å². The zero-order valence-corrected chi connectivity index (χ0v) is 11.8. The molecule has 1 aromatic rings. The molecule has 6 heteroatoms. The maximum Gasteiger partial charge on any atom is 0.226 e. The standard InChI is InChI=1S/C12H18N4OS/c1-8-6-9(10(13)18)15-11(14-8)16-4-5-17-7-12(16,2)3/h6H,4-5,7H2,1-3H3,(H2,13,18). The molecule has 0 bridgehead atoms. The lowest BCUT2D eigenvalue weighted by atomic mass is 10.0. The van der Waals surface area contributed by atoms with Gasteiger partial charge in [-0.2, -0.15) is 0 Å². The van der Waals surface area contributed by atoms with E-state index < -0.39 is 0 Å². The number of hydrogen-bond donors (Lipinski definition) is 1. The molecule has 0 atom stereocenters. The number of anilines is 1. The number of ether oxygens (including phenoxy) is 1. The lowest BCUT2D eigenvalue weighted by Gasteiger charge is -2.42. The number of hydrogen-bond acceptors (Lipinski definition) is 5. The Balaban J connectivity index is 2.40. The van der Waals surface area contributed by atoms with Crippen LogP contribution in [0.1, 0.15) is 25.2 Å². The molecule has 1 fully saturated rings. The van der Waals surface area contributed by atoms with Crippen LogP contribution in [0.15, 0.2) is 6.07 Å². The van der Waals surface area contributed by atoms with Gasteiger partial charge >= 0.3 is 0 Å². The monoisotopic (exact) mass is 266 g/mol. The summed E-state index contributed by atoms with van der Waals surface area (Å²) >= 11 is 4.98. The molecule has 0 aliphatic carbocycles. The normalized spacial score (nSPS) is 18.7. The number of nitrogens with two attached hydrogens (primary N) is 1. The summed E-state index contributed by atoms with van der Waals surface area (Å²) in [7, 11) is 0. The van der Waals surface area contributed by atoms with E-state index in [1.54, 1.807) is 6.07 Å². The van der Waals surface area contributed by atoms with E-state index >= 15 is 0 Å². The first-order valence-corrected chi connectivity index (χ1v) is 6.32. The summed E-state index contributed by atoms with van der Waals surface area (Å²) in [5.41, 5.74) is 7.01. The Kier molecular flexibility index (Phi) is 3.49. The van der Waals surface area contributed by atoms with Crippen LogP contribution in [0, 0.1) is 6.92 Å². The van der Waals surface area contributed by atoms with E-state index in [1.807, 2.05) is 6.92 Å². The van der Waals surface area contributed by atoms with E-state index in [2.05, 4.69) is 28.7 Å². The van der Waals surface area contributed by atoms with Crippen LogP contribution >= 0.6 is 12.2 Å². The molecule has 0 radical (unpaired) electrons. The van der Waals surface area contributed by atoms with Gasteiger partial charge in [0.05, 0.1) is 18.8 Å². The van der Waals surface area contributed by atoms with Crippen molar-refractivity contribution in [1.29, 1.82) is 0 Å². The van der Waals surface area contributed by atoms with Crippen molar-refractivity contribution in [1.82, 2.24) is 9.97 Å². The second kappa shape index (κ2) is 4.78. The fourth-order valence-corrected chi connectivity index (χ4v) is 2.13. The van der Waals surface area contributed by atoms with Crippen molar-refractivity contribution >= 4 is 23.2 Å². The first-order valence-electron chi connectivity index (χ1n) is 5.91. The van der Waals surface area contributed by atoms with Crippen molar-refractivity contribution < 1.29 is 4.74 Å². The maximum atomic E-state index is 5.65. The summed E-state index contributed by atoms with van der Waals surface area (Å²) in [4.78, 5) is 11.4. The topological polar surface area (TPSA) is 64.3 Å². The van der Waals surface area contributed by atoms with Crippen LogP contribution in [-0.2, 0) is 4.74 Å². The van der Waals surface area contributed by atoms with Gasteiger partial charge in [0.1, 0.15) is 10.7 Å². The number of thiocarbonyl (C=S) groups is 1. The van der Waals surface area contributed by atoms with E-state index in [4.69, 9.17) is 22.7 Å². The van der Waals surface area contributed by atoms with E-state index in [0.717, 1.165) is 12.2 Å². The third-order valence-electron chi connectivity index (χ3n) is 2.98. The minimum absolute atomic E-state index is 0.125. The van der Waals surface area contributed by atoms with E-state index in [0.29, 0.717) is 29.8 Å². The van der Waals surface area contributed by atoms with Gasteiger partial charge < -0.3 is 15.4 Å². The van der Waals surface area contributed by atoms with Gasteiger partial charge in [-0.3, -0.25) is 0 Å². The van der Waals surface area contributed by atoms with Crippen LogP contribution in [0.5, 0.6) is 0 Å². The van der Waals surface area contributed by atoms with Crippen molar-refractivity contribution in [3.63, 3.8) is 0 Å². The van der Waals surface area contributed by atoms with Crippen LogP contribution in [0.25, 0.3) is 0 Å². The Bertz CT molecular complexity index is 475. The highest BCUT2D eigenvalue weighted by Crippen LogP contribution is 2.24. The Morgan fingerprint density at radius 2 is 2.22 bits per heavy atom. The third kappa shape index (κ3) is 2.59. The number of morpholine rings is 1. The molecule has 0 aromatic carbocycles. The zero-order chi connectivity index (χ0) is 13.3. The molecular weight excluding hydrogens is 248 g/mol. The van der Waals surface area contributed by atoms with Crippen molar-refractivity contribution in [3.8, 4) is 0 Å². The highest BCUT2D eigenvalue weighted by atomic mass is 32.1. The Morgan fingerprint density at radius 3 is 2.83 bits per heavy atom. The fraction of sp³-hybridized carbons (Fsp3) is 0.583. The molecule has 2 N–H and O–H groups in total. The molecule has 18 heavy (non-hydrogen) atoms. The number of aromatic nitrogens is 2. The van der Waals surface area contributed by atoms with Crippen LogP contribution in [0.3, 0.4) is 0 Å². The van der Waals surface area contributed by atoms with E-state index in [9.17, 15) is 0 Å². The summed E-state index contributed by atoms with van der Waals surface area (Å²) in [6, 6.07) is 1.80. The molecule has 2 heterocycles. The van der Waals surface area contributed by atoms with Crippen LogP contribution in [0.4, 0.5) is 5.95 Å². The quantitative estimate of drug-likeness (QED) is 0.807. The van der Waals surface area contributed by atoms with E-state index in [-0.39, 0.29) is 5.54 Å². The molecule has 0 unspecified atom stereocenters. The lowest BCUT2D eigenvalue weighted by Crippen LogP contribution is -2.54. The number of rotatable bonds is 2. The Morgan fingerprint density at radius 1 is 1.50 bits per heavy atom. The minimum atomic E-state index is -0.125. The van der Waals surface area contributed by atoms with Gasteiger partial charge in [-0.05, 0) is 26.8 Å².